The summed E-state index contributed by atoms with van der Waals surface area (Å²) in [5, 5.41) is 8.89. The molecule has 0 aromatic heterocycles. The summed E-state index contributed by atoms with van der Waals surface area (Å²) in [6, 6.07) is 3.70. The highest BCUT2D eigenvalue weighted by Gasteiger charge is 2.15. The molecule has 0 bridgehead atoms. The van der Waals surface area contributed by atoms with Crippen molar-refractivity contribution in [2.24, 2.45) is 0 Å². The quantitative estimate of drug-likeness (QED) is 0.740. The monoisotopic (exact) mass is 333 g/mol. The van der Waals surface area contributed by atoms with Gasteiger partial charge in [-0.05, 0) is 63.0 Å². The molecule has 24 heavy (non-hydrogen) atoms. The molecule has 0 aliphatic carbocycles. The molecule has 1 fully saturated rings. The van der Waals surface area contributed by atoms with Crippen LogP contribution in [-0.4, -0.2) is 49.8 Å². The second-order valence-corrected chi connectivity index (χ2v) is 6.05. The van der Waals surface area contributed by atoms with Gasteiger partial charge in [0.1, 0.15) is 0 Å². The Morgan fingerprint density at radius 3 is 2.58 bits per heavy atom. The van der Waals surface area contributed by atoms with E-state index in [0.717, 1.165) is 36.6 Å². The molecule has 1 aromatic rings. The number of benzene rings is 1. The Bertz CT molecular complexity index is 577. The van der Waals surface area contributed by atoms with Gasteiger partial charge in [-0.15, -0.1) is 0 Å². The van der Waals surface area contributed by atoms with Gasteiger partial charge in [0.25, 0.3) is 0 Å². The standard InChI is InChI=1S/C19H27NO4/c1-23-17-10-8-15(9-11-18(21)22)16(19(17)24-2)7-6-14-20-12-4-3-5-13-20/h8-11H,3-7,12-14H2,1-2H3,(H,21,22). The fraction of sp³-hybridized carbons (Fsp3) is 0.526. The molecule has 1 aliphatic rings. The molecule has 0 amide bonds. The van der Waals surface area contributed by atoms with Crippen LogP contribution >= 0.6 is 0 Å². The number of carbonyl (C=O) groups is 1. The lowest BCUT2D eigenvalue weighted by Gasteiger charge is -2.26. The molecule has 0 radical (unpaired) electrons. The minimum atomic E-state index is -0.955. The summed E-state index contributed by atoms with van der Waals surface area (Å²) in [4.78, 5) is 13.3. The van der Waals surface area contributed by atoms with Crippen LogP contribution < -0.4 is 9.47 Å². The van der Waals surface area contributed by atoms with Crippen LogP contribution in [0.4, 0.5) is 0 Å². The van der Waals surface area contributed by atoms with Crippen LogP contribution in [0.3, 0.4) is 0 Å². The minimum Gasteiger partial charge on any atom is -0.493 e. The third-order valence-corrected chi connectivity index (χ3v) is 4.44. The van der Waals surface area contributed by atoms with Crippen molar-refractivity contribution < 1.29 is 19.4 Å². The molecule has 1 N–H and O–H groups in total. The van der Waals surface area contributed by atoms with Gasteiger partial charge in [-0.2, -0.15) is 0 Å². The summed E-state index contributed by atoms with van der Waals surface area (Å²) in [5.41, 5.74) is 1.88. The number of piperidine rings is 1. The zero-order chi connectivity index (χ0) is 17.4. The van der Waals surface area contributed by atoms with Crippen molar-refractivity contribution in [1.82, 2.24) is 4.90 Å². The molecule has 1 saturated heterocycles. The molecule has 0 spiro atoms. The Kier molecular flexibility index (Phi) is 7.12. The zero-order valence-electron chi connectivity index (χ0n) is 14.6. The molecule has 5 nitrogen and oxygen atoms in total. The first-order valence-electron chi connectivity index (χ1n) is 8.53. The lowest BCUT2D eigenvalue weighted by Crippen LogP contribution is -2.30. The lowest BCUT2D eigenvalue weighted by atomic mass is 9.99. The maximum absolute atomic E-state index is 10.8. The second-order valence-electron chi connectivity index (χ2n) is 6.05. The average molecular weight is 333 g/mol. The second kappa shape index (κ2) is 9.33. The number of hydrogen-bond acceptors (Lipinski definition) is 4. The average Bonchev–Trinajstić information content (AvgIpc) is 2.60. The molecular weight excluding hydrogens is 306 g/mol. The first kappa shape index (κ1) is 18.3. The first-order chi connectivity index (χ1) is 11.7. The Labute approximate surface area is 143 Å². The molecule has 1 heterocycles. The van der Waals surface area contributed by atoms with Crippen LogP contribution in [0.1, 0.15) is 36.8 Å². The fourth-order valence-corrected chi connectivity index (χ4v) is 3.24. The van der Waals surface area contributed by atoms with Gasteiger partial charge in [0.15, 0.2) is 11.5 Å². The topological polar surface area (TPSA) is 59.0 Å². The van der Waals surface area contributed by atoms with Crippen molar-refractivity contribution in [2.45, 2.75) is 32.1 Å². The van der Waals surface area contributed by atoms with Crippen molar-refractivity contribution in [3.63, 3.8) is 0 Å². The smallest absolute Gasteiger partial charge is 0.328 e. The predicted molar refractivity (Wildman–Crippen MR) is 94.8 cm³/mol. The van der Waals surface area contributed by atoms with Gasteiger partial charge in [-0.25, -0.2) is 4.79 Å². The van der Waals surface area contributed by atoms with E-state index in [1.165, 1.54) is 32.4 Å². The maximum Gasteiger partial charge on any atom is 0.328 e. The fourth-order valence-electron chi connectivity index (χ4n) is 3.24. The van der Waals surface area contributed by atoms with E-state index < -0.39 is 5.97 Å². The molecule has 0 atom stereocenters. The van der Waals surface area contributed by atoms with E-state index in [2.05, 4.69) is 4.90 Å². The van der Waals surface area contributed by atoms with Crippen molar-refractivity contribution in [3.8, 4) is 11.5 Å². The van der Waals surface area contributed by atoms with Gasteiger partial charge in [-0.1, -0.05) is 12.5 Å². The SMILES string of the molecule is COc1ccc(C=CC(=O)O)c(CCCN2CCCCC2)c1OC. The van der Waals surface area contributed by atoms with Crippen LogP contribution in [0, 0.1) is 0 Å². The van der Waals surface area contributed by atoms with Crippen LogP contribution in [-0.2, 0) is 11.2 Å². The summed E-state index contributed by atoms with van der Waals surface area (Å²) < 4.78 is 10.9. The summed E-state index contributed by atoms with van der Waals surface area (Å²) >= 11 is 0. The minimum absolute atomic E-state index is 0.679. The normalized spacial score (nSPS) is 15.6. The highest BCUT2D eigenvalue weighted by Crippen LogP contribution is 2.35. The van der Waals surface area contributed by atoms with E-state index in [-0.39, 0.29) is 0 Å². The number of methoxy groups -OCH3 is 2. The molecule has 0 saturated carbocycles. The number of hydrogen-bond donors (Lipinski definition) is 1. The molecule has 2 rings (SSSR count). The van der Waals surface area contributed by atoms with Gasteiger partial charge in [0.2, 0.25) is 0 Å². The van der Waals surface area contributed by atoms with Crippen molar-refractivity contribution >= 4 is 12.0 Å². The van der Waals surface area contributed by atoms with Crippen molar-refractivity contribution in [1.29, 1.82) is 0 Å². The number of carboxylic acid groups (broad SMARTS) is 1. The molecule has 1 aromatic carbocycles. The lowest BCUT2D eigenvalue weighted by molar-refractivity contribution is -0.131. The Morgan fingerprint density at radius 1 is 1.21 bits per heavy atom. The zero-order valence-corrected chi connectivity index (χ0v) is 14.6. The molecule has 1 aliphatic heterocycles. The number of nitrogens with zero attached hydrogens (tertiary/aromatic N) is 1. The molecular formula is C19H27NO4. The van der Waals surface area contributed by atoms with E-state index in [1.54, 1.807) is 20.3 Å². The Balaban J connectivity index is 2.14. The van der Waals surface area contributed by atoms with Gasteiger partial charge >= 0.3 is 5.97 Å². The van der Waals surface area contributed by atoms with Gasteiger partial charge < -0.3 is 19.5 Å². The van der Waals surface area contributed by atoms with E-state index in [9.17, 15) is 4.79 Å². The van der Waals surface area contributed by atoms with Crippen LogP contribution in [0.25, 0.3) is 6.08 Å². The summed E-state index contributed by atoms with van der Waals surface area (Å²) in [7, 11) is 3.23. The van der Waals surface area contributed by atoms with Crippen LogP contribution in [0.15, 0.2) is 18.2 Å². The first-order valence-corrected chi connectivity index (χ1v) is 8.53. The van der Waals surface area contributed by atoms with Crippen LogP contribution in [0.2, 0.25) is 0 Å². The number of rotatable bonds is 8. The third-order valence-electron chi connectivity index (χ3n) is 4.44. The number of likely N-dealkylation sites (tertiary alicyclic amines) is 1. The van der Waals surface area contributed by atoms with E-state index in [4.69, 9.17) is 14.6 Å². The molecule has 5 heteroatoms. The highest BCUT2D eigenvalue weighted by molar-refractivity contribution is 5.86. The Morgan fingerprint density at radius 2 is 1.96 bits per heavy atom. The van der Waals surface area contributed by atoms with E-state index in [0.29, 0.717) is 11.5 Å². The van der Waals surface area contributed by atoms with Gasteiger partial charge in [0, 0.05) is 11.6 Å². The third kappa shape index (κ3) is 4.99. The maximum atomic E-state index is 10.8. The van der Waals surface area contributed by atoms with Gasteiger partial charge in [-0.3, -0.25) is 0 Å². The predicted octanol–water partition coefficient (Wildman–Crippen LogP) is 3.22. The van der Waals surface area contributed by atoms with Crippen molar-refractivity contribution in [2.75, 3.05) is 33.9 Å². The largest absolute Gasteiger partial charge is 0.493 e. The number of carboxylic acids is 1. The summed E-state index contributed by atoms with van der Waals surface area (Å²) in [6.07, 6.45) is 8.54. The highest BCUT2D eigenvalue weighted by atomic mass is 16.5. The summed E-state index contributed by atoms with van der Waals surface area (Å²) in [5.74, 6) is 0.422. The van der Waals surface area contributed by atoms with Gasteiger partial charge in [0.05, 0.1) is 14.2 Å². The van der Waals surface area contributed by atoms with Crippen LogP contribution in [0.5, 0.6) is 11.5 Å². The number of ether oxygens (including phenoxy) is 2. The molecule has 132 valence electrons. The van der Waals surface area contributed by atoms with E-state index >= 15 is 0 Å². The van der Waals surface area contributed by atoms with E-state index in [1.807, 2.05) is 12.1 Å². The summed E-state index contributed by atoms with van der Waals surface area (Å²) in [6.45, 7) is 3.42. The Hall–Kier alpha value is -2.01. The molecule has 0 unspecified atom stereocenters. The van der Waals surface area contributed by atoms with Crippen molar-refractivity contribution in [3.05, 3.63) is 29.3 Å². The number of aliphatic carboxylic acids is 1.